The first kappa shape index (κ1) is 11.0. The van der Waals surface area contributed by atoms with E-state index in [1.54, 1.807) is 0 Å². The SMILES string of the molecule is [CH2]C(C)(C)C(C)(CC)CCC. The maximum absolute atomic E-state index is 4.23. The molecule has 0 aromatic heterocycles. The van der Waals surface area contributed by atoms with Crippen LogP contribution in [0.1, 0.15) is 53.9 Å². The third-order valence-electron chi connectivity index (χ3n) is 3.22. The van der Waals surface area contributed by atoms with Gasteiger partial charge in [0.05, 0.1) is 0 Å². The Bertz CT molecular complexity index is 108. The molecule has 0 heterocycles. The molecule has 0 nitrogen and oxygen atoms in total. The first-order valence-corrected chi connectivity index (χ1v) is 4.72. The third-order valence-corrected chi connectivity index (χ3v) is 3.22. The monoisotopic (exact) mass is 155 g/mol. The van der Waals surface area contributed by atoms with Crippen LogP contribution >= 0.6 is 0 Å². The van der Waals surface area contributed by atoms with E-state index in [0.29, 0.717) is 5.41 Å². The van der Waals surface area contributed by atoms with Crippen LogP contribution in [0, 0.1) is 17.8 Å². The van der Waals surface area contributed by atoms with E-state index in [1.165, 1.54) is 19.3 Å². The lowest BCUT2D eigenvalue weighted by molar-refractivity contribution is 0.116. The Hall–Kier alpha value is 0. The van der Waals surface area contributed by atoms with Gasteiger partial charge in [-0.25, -0.2) is 0 Å². The molecule has 1 atom stereocenters. The van der Waals surface area contributed by atoms with Gasteiger partial charge in [-0.3, -0.25) is 0 Å². The van der Waals surface area contributed by atoms with Crippen molar-refractivity contribution >= 4 is 0 Å². The molecule has 0 fully saturated rings. The molecule has 0 aromatic carbocycles. The minimum Gasteiger partial charge on any atom is -0.0654 e. The quantitative estimate of drug-likeness (QED) is 0.574. The molecule has 0 rings (SSSR count). The van der Waals surface area contributed by atoms with E-state index in [-0.39, 0.29) is 5.41 Å². The molecule has 1 radical (unpaired) electrons. The van der Waals surface area contributed by atoms with Gasteiger partial charge in [0.15, 0.2) is 0 Å². The molecule has 0 heteroatoms. The average Bonchev–Trinajstić information content (AvgIpc) is 1.86. The van der Waals surface area contributed by atoms with E-state index in [4.69, 9.17) is 0 Å². The van der Waals surface area contributed by atoms with Gasteiger partial charge in [-0.1, -0.05) is 47.5 Å². The van der Waals surface area contributed by atoms with E-state index < -0.39 is 0 Å². The van der Waals surface area contributed by atoms with Crippen molar-refractivity contribution < 1.29 is 0 Å². The molecular formula is C11H23. The van der Waals surface area contributed by atoms with Crippen molar-refractivity contribution in [1.82, 2.24) is 0 Å². The molecule has 67 valence electrons. The van der Waals surface area contributed by atoms with Crippen LogP contribution in [-0.2, 0) is 0 Å². The summed E-state index contributed by atoms with van der Waals surface area (Å²) in [6.45, 7) is 15.6. The average molecular weight is 155 g/mol. The highest BCUT2D eigenvalue weighted by Gasteiger charge is 2.34. The summed E-state index contributed by atoms with van der Waals surface area (Å²) in [6, 6.07) is 0. The van der Waals surface area contributed by atoms with E-state index in [2.05, 4.69) is 41.5 Å². The molecule has 0 bridgehead atoms. The minimum atomic E-state index is 0.206. The van der Waals surface area contributed by atoms with E-state index >= 15 is 0 Å². The topological polar surface area (TPSA) is 0 Å². The van der Waals surface area contributed by atoms with Crippen molar-refractivity contribution in [3.63, 3.8) is 0 Å². The van der Waals surface area contributed by atoms with E-state index in [0.717, 1.165) is 0 Å². The second-order valence-electron chi connectivity index (χ2n) is 4.55. The Balaban J connectivity index is 4.33. The predicted octanol–water partition coefficient (Wildman–Crippen LogP) is 4.06. The molecule has 0 saturated carbocycles. The lowest BCUT2D eigenvalue weighted by Gasteiger charge is -2.41. The Morgan fingerprint density at radius 3 is 1.64 bits per heavy atom. The van der Waals surface area contributed by atoms with Crippen LogP contribution < -0.4 is 0 Å². The highest BCUT2D eigenvalue weighted by molar-refractivity contribution is 4.89. The smallest absolute Gasteiger partial charge is 0.0277 e. The van der Waals surface area contributed by atoms with Crippen LogP contribution in [0.5, 0.6) is 0 Å². The van der Waals surface area contributed by atoms with Crippen LogP contribution in [-0.4, -0.2) is 0 Å². The summed E-state index contributed by atoms with van der Waals surface area (Å²) in [5, 5.41) is 0. The molecular weight excluding hydrogens is 132 g/mol. The standard InChI is InChI=1S/C11H23/c1-7-9-11(6,8-2)10(3,4)5/h3,7-9H2,1-2,4-6H3. The summed E-state index contributed by atoms with van der Waals surface area (Å²) in [4.78, 5) is 0. The van der Waals surface area contributed by atoms with E-state index in [9.17, 15) is 0 Å². The Morgan fingerprint density at radius 1 is 1.09 bits per heavy atom. The van der Waals surface area contributed by atoms with Gasteiger partial charge < -0.3 is 0 Å². The lowest BCUT2D eigenvalue weighted by atomic mass is 9.64. The molecule has 0 aromatic rings. The van der Waals surface area contributed by atoms with Crippen molar-refractivity contribution in [2.24, 2.45) is 10.8 Å². The zero-order valence-electron chi connectivity index (χ0n) is 8.83. The Kier molecular flexibility index (Phi) is 3.60. The molecule has 1 unspecified atom stereocenters. The van der Waals surface area contributed by atoms with Crippen LogP contribution in [0.15, 0.2) is 0 Å². The molecule has 0 spiro atoms. The number of hydrogen-bond acceptors (Lipinski definition) is 0. The van der Waals surface area contributed by atoms with Crippen LogP contribution in [0.3, 0.4) is 0 Å². The van der Waals surface area contributed by atoms with Gasteiger partial charge >= 0.3 is 0 Å². The maximum Gasteiger partial charge on any atom is -0.0277 e. The van der Waals surface area contributed by atoms with Crippen molar-refractivity contribution in [2.75, 3.05) is 0 Å². The summed E-state index contributed by atoms with van der Waals surface area (Å²) in [5.74, 6) is 0. The summed E-state index contributed by atoms with van der Waals surface area (Å²) in [6.07, 6.45) is 3.79. The highest BCUT2D eigenvalue weighted by atomic mass is 14.4. The molecule has 0 aliphatic rings. The molecule has 0 N–H and O–H groups in total. The van der Waals surface area contributed by atoms with Crippen molar-refractivity contribution in [3.8, 4) is 0 Å². The summed E-state index contributed by atoms with van der Waals surface area (Å²) < 4.78 is 0. The summed E-state index contributed by atoms with van der Waals surface area (Å²) in [5.41, 5.74) is 0.625. The fraction of sp³-hybridized carbons (Fsp3) is 0.909. The Labute approximate surface area is 72.4 Å². The fourth-order valence-electron chi connectivity index (χ4n) is 1.55. The number of hydrogen-bond donors (Lipinski definition) is 0. The molecule has 0 amide bonds. The minimum absolute atomic E-state index is 0.206. The van der Waals surface area contributed by atoms with Crippen LogP contribution in [0.4, 0.5) is 0 Å². The predicted molar refractivity (Wildman–Crippen MR) is 52.4 cm³/mol. The van der Waals surface area contributed by atoms with Crippen LogP contribution in [0.2, 0.25) is 0 Å². The fourth-order valence-corrected chi connectivity index (χ4v) is 1.55. The highest BCUT2D eigenvalue weighted by Crippen LogP contribution is 2.44. The molecule has 11 heavy (non-hydrogen) atoms. The molecule has 0 aliphatic heterocycles. The number of rotatable bonds is 4. The summed E-state index contributed by atoms with van der Waals surface area (Å²) >= 11 is 0. The van der Waals surface area contributed by atoms with Gasteiger partial charge in [0, 0.05) is 0 Å². The first-order valence-electron chi connectivity index (χ1n) is 4.72. The zero-order valence-corrected chi connectivity index (χ0v) is 8.83. The second-order valence-corrected chi connectivity index (χ2v) is 4.55. The van der Waals surface area contributed by atoms with Gasteiger partial charge in [0.25, 0.3) is 0 Å². The zero-order chi connectivity index (χ0) is 9.12. The van der Waals surface area contributed by atoms with Gasteiger partial charge in [0.2, 0.25) is 0 Å². The second kappa shape index (κ2) is 3.60. The van der Waals surface area contributed by atoms with Gasteiger partial charge in [-0.15, -0.1) is 0 Å². The lowest BCUT2D eigenvalue weighted by Crippen LogP contribution is -2.32. The normalized spacial score (nSPS) is 18.0. The molecule has 0 aliphatic carbocycles. The van der Waals surface area contributed by atoms with Gasteiger partial charge in [-0.05, 0) is 24.2 Å². The van der Waals surface area contributed by atoms with Gasteiger partial charge in [-0.2, -0.15) is 0 Å². The first-order chi connectivity index (χ1) is 4.87. The molecule has 0 saturated heterocycles. The van der Waals surface area contributed by atoms with Crippen molar-refractivity contribution in [1.29, 1.82) is 0 Å². The summed E-state index contributed by atoms with van der Waals surface area (Å²) in [7, 11) is 0. The van der Waals surface area contributed by atoms with E-state index in [1.807, 2.05) is 0 Å². The van der Waals surface area contributed by atoms with Crippen molar-refractivity contribution in [2.45, 2.75) is 53.9 Å². The maximum atomic E-state index is 4.23. The Morgan fingerprint density at radius 2 is 1.55 bits per heavy atom. The largest absolute Gasteiger partial charge is 0.0654 e. The van der Waals surface area contributed by atoms with Gasteiger partial charge in [0.1, 0.15) is 0 Å². The van der Waals surface area contributed by atoms with Crippen LogP contribution in [0.25, 0.3) is 0 Å². The third kappa shape index (κ3) is 2.50. The van der Waals surface area contributed by atoms with Crippen molar-refractivity contribution in [3.05, 3.63) is 6.92 Å².